The average molecular weight is 415 g/mol. The summed E-state index contributed by atoms with van der Waals surface area (Å²) in [6.45, 7) is 9.08. The first-order chi connectivity index (χ1) is 13.6. The van der Waals surface area contributed by atoms with Crippen LogP contribution < -0.4 is 5.32 Å². The van der Waals surface area contributed by atoms with Gasteiger partial charge in [0.15, 0.2) is 0 Å². The Morgan fingerprint density at radius 3 is 2.31 bits per heavy atom. The summed E-state index contributed by atoms with van der Waals surface area (Å²) in [4.78, 5) is 36.0. The van der Waals surface area contributed by atoms with E-state index < -0.39 is 0 Å². The summed E-state index contributed by atoms with van der Waals surface area (Å²) in [7, 11) is 0. The van der Waals surface area contributed by atoms with Crippen molar-refractivity contribution in [2.45, 2.75) is 46.5 Å². The number of nitrogens with zero attached hydrogens (tertiary/aromatic N) is 3. The van der Waals surface area contributed by atoms with Crippen LogP contribution in [0.15, 0.2) is 30.5 Å². The SMILES string of the molecule is Cc1nc(C2CCN(C(=O)C(C)(C)C)CC2)ncc1C(=O)Nc1ccc(Cl)cc1. The Kier molecular flexibility index (Phi) is 6.22. The molecule has 0 radical (unpaired) electrons. The number of nitrogens with one attached hydrogen (secondary N) is 1. The van der Waals surface area contributed by atoms with Gasteiger partial charge in [0.2, 0.25) is 5.91 Å². The summed E-state index contributed by atoms with van der Waals surface area (Å²) in [6, 6.07) is 6.94. The molecule has 6 nitrogen and oxygen atoms in total. The monoisotopic (exact) mass is 414 g/mol. The van der Waals surface area contributed by atoms with E-state index in [-0.39, 0.29) is 23.1 Å². The number of carbonyl (C=O) groups is 2. The molecule has 1 N–H and O–H groups in total. The molecule has 1 fully saturated rings. The topological polar surface area (TPSA) is 75.2 Å². The van der Waals surface area contributed by atoms with Crippen molar-refractivity contribution in [1.29, 1.82) is 0 Å². The third kappa shape index (κ3) is 5.12. The number of likely N-dealkylation sites (tertiary alicyclic amines) is 1. The van der Waals surface area contributed by atoms with E-state index in [1.54, 1.807) is 30.5 Å². The second-order valence-electron chi connectivity index (χ2n) is 8.50. The average Bonchev–Trinajstić information content (AvgIpc) is 2.68. The fourth-order valence-electron chi connectivity index (χ4n) is 3.45. The Morgan fingerprint density at radius 2 is 1.76 bits per heavy atom. The number of hydrogen-bond donors (Lipinski definition) is 1. The van der Waals surface area contributed by atoms with Gasteiger partial charge in [0.25, 0.3) is 5.91 Å². The van der Waals surface area contributed by atoms with E-state index in [2.05, 4.69) is 15.3 Å². The Morgan fingerprint density at radius 1 is 1.14 bits per heavy atom. The van der Waals surface area contributed by atoms with E-state index >= 15 is 0 Å². The van der Waals surface area contributed by atoms with E-state index in [1.807, 2.05) is 32.6 Å². The highest BCUT2D eigenvalue weighted by atomic mass is 35.5. The van der Waals surface area contributed by atoms with E-state index in [0.717, 1.165) is 18.7 Å². The first-order valence-corrected chi connectivity index (χ1v) is 10.2. The number of aryl methyl sites for hydroxylation is 1. The quantitative estimate of drug-likeness (QED) is 0.805. The predicted octanol–water partition coefficient (Wildman–Crippen LogP) is 4.44. The Hall–Kier alpha value is -2.47. The maximum atomic E-state index is 12.6. The number of halogens is 1. The molecule has 0 unspecified atom stereocenters. The third-order valence-corrected chi connectivity index (χ3v) is 5.39. The molecule has 2 heterocycles. The molecule has 1 aliphatic rings. The van der Waals surface area contributed by atoms with E-state index in [4.69, 9.17) is 11.6 Å². The zero-order chi connectivity index (χ0) is 21.2. The van der Waals surface area contributed by atoms with Gasteiger partial charge in [-0.2, -0.15) is 0 Å². The first kappa shape index (κ1) is 21.2. The number of amides is 2. The van der Waals surface area contributed by atoms with Crippen LogP contribution in [0.3, 0.4) is 0 Å². The number of aromatic nitrogens is 2. The van der Waals surface area contributed by atoms with Crippen LogP contribution in [0.1, 0.15) is 61.4 Å². The zero-order valence-corrected chi connectivity index (χ0v) is 18.1. The molecule has 1 aromatic carbocycles. The number of hydrogen-bond acceptors (Lipinski definition) is 4. The van der Waals surface area contributed by atoms with E-state index in [0.29, 0.717) is 35.1 Å². The molecule has 2 aromatic rings. The lowest BCUT2D eigenvalue weighted by atomic mass is 9.90. The third-order valence-electron chi connectivity index (χ3n) is 5.13. The van der Waals surface area contributed by atoms with Crippen LogP contribution in [-0.4, -0.2) is 39.8 Å². The lowest BCUT2D eigenvalue weighted by molar-refractivity contribution is -0.140. The van der Waals surface area contributed by atoms with Crippen molar-refractivity contribution in [3.8, 4) is 0 Å². The van der Waals surface area contributed by atoms with Crippen LogP contribution in [0, 0.1) is 12.3 Å². The zero-order valence-electron chi connectivity index (χ0n) is 17.3. The van der Waals surface area contributed by atoms with Gasteiger partial charge in [0.05, 0.1) is 11.3 Å². The van der Waals surface area contributed by atoms with Crippen molar-refractivity contribution >= 4 is 29.1 Å². The summed E-state index contributed by atoms with van der Waals surface area (Å²) in [6.07, 6.45) is 3.25. The standard InChI is InChI=1S/C22H27ClN4O2/c1-14-18(20(28)26-17-7-5-16(23)6-8-17)13-24-19(25-14)15-9-11-27(12-10-15)21(29)22(2,3)4/h5-8,13,15H,9-12H2,1-4H3,(H,26,28). The van der Waals surface area contributed by atoms with E-state index in [1.165, 1.54) is 0 Å². The van der Waals surface area contributed by atoms with Gasteiger partial charge in [-0.1, -0.05) is 32.4 Å². The molecule has 0 spiro atoms. The maximum absolute atomic E-state index is 12.6. The summed E-state index contributed by atoms with van der Waals surface area (Å²) in [5.41, 5.74) is 1.40. The molecular formula is C22H27ClN4O2. The lowest BCUT2D eigenvalue weighted by Crippen LogP contribution is -2.43. The molecule has 0 saturated carbocycles. The second kappa shape index (κ2) is 8.49. The van der Waals surface area contributed by atoms with E-state index in [9.17, 15) is 9.59 Å². The minimum absolute atomic E-state index is 0.183. The smallest absolute Gasteiger partial charge is 0.259 e. The molecular weight excluding hydrogens is 388 g/mol. The van der Waals surface area contributed by atoms with Crippen LogP contribution in [-0.2, 0) is 4.79 Å². The van der Waals surface area contributed by atoms with Gasteiger partial charge in [0, 0.05) is 41.3 Å². The molecule has 2 amide bonds. The minimum atomic E-state index is -0.362. The second-order valence-corrected chi connectivity index (χ2v) is 8.94. The molecule has 7 heteroatoms. The number of anilines is 1. The highest BCUT2D eigenvalue weighted by Gasteiger charge is 2.31. The van der Waals surface area contributed by atoms with Crippen LogP contribution in [0.25, 0.3) is 0 Å². The largest absolute Gasteiger partial charge is 0.342 e. The molecule has 0 bridgehead atoms. The summed E-state index contributed by atoms with van der Waals surface area (Å²) >= 11 is 5.88. The Labute approximate surface area is 176 Å². The molecule has 0 aliphatic carbocycles. The normalized spacial score (nSPS) is 15.3. The summed E-state index contributed by atoms with van der Waals surface area (Å²) < 4.78 is 0. The molecule has 154 valence electrons. The highest BCUT2D eigenvalue weighted by molar-refractivity contribution is 6.30. The van der Waals surface area contributed by atoms with Gasteiger partial charge in [-0.3, -0.25) is 9.59 Å². The Balaban J connectivity index is 1.65. The number of rotatable bonds is 3. The van der Waals surface area contributed by atoms with Crippen molar-refractivity contribution in [2.75, 3.05) is 18.4 Å². The van der Waals surface area contributed by atoms with Crippen LogP contribution in [0.5, 0.6) is 0 Å². The first-order valence-electron chi connectivity index (χ1n) is 9.85. The summed E-state index contributed by atoms with van der Waals surface area (Å²) in [5.74, 6) is 0.878. The van der Waals surface area contributed by atoms with Gasteiger partial charge >= 0.3 is 0 Å². The van der Waals surface area contributed by atoms with Crippen molar-refractivity contribution in [1.82, 2.24) is 14.9 Å². The van der Waals surface area contributed by atoms with Crippen molar-refractivity contribution < 1.29 is 9.59 Å². The van der Waals surface area contributed by atoms with Crippen LogP contribution in [0.2, 0.25) is 5.02 Å². The molecule has 29 heavy (non-hydrogen) atoms. The van der Waals surface area contributed by atoms with Crippen molar-refractivity contribution in [3.63, 3.8) is 0 Å². The maximum Gasteiger partial charge on any atom is 0.259 e. The van der Waals surface area contributed by atoms with Gasteiger partial charge in [-0.15, -0.1) is 0 Å². The molecule has 1 aromatic heterocycles. The number of benzene rings is 1. The van der Waals surface area contributed by atoms with Crippen LogP contribution in [0.4, 0.5) is 5.69 Å². The molecule has 1 saturated heterocycles. The van der Waals surface area contributed by atoms with Crippen molar-refractivity contribution in [3.05, 3.63) is 52.6 Å². The van der Waals surface area contributed by atoms with Gasteiger partial charge < -0.3 is 10.2 Å². The van der Waals surface area contributed by atoms with Gasteiger partial charge in [-0.05, 0) is 44.0 Å². The minimum Gasteiger partial charge on any atom is -0.342 e. The molecule has 0 atom stereocenters. The Bertz CT molecular complexity index is 898. The van der Waals surface area contributed by atoms with Crippen molar-refractivity contribution in [2.24, 2.45) is 5.41 Å². The molecule has 3 rings (SSSR count). The fraction of sp³-hybridized carbons (Fsp3) is 0.455. The van der Waals surface area contributed by atoms with Crippen LogP contribution >= 0.6 is 11.6 Å². The number of carbonyl (C=O) groups excluding carboxylic acids is 2. The summed E-state index contributed by atoms with van der Waals surface area (Å²) in [5, 5.41) is 3.45. The lowest BCUT2D eigenvalue weighted by Gasteiger charge is -2.35. The predicted molar refractivity (Wildman–Crippen MR) is 114 cm³/mol. The fourth-order valence-corrected chi connectivity index (χ4v) is 3.58. The van der Waals surface area contributed by atoms with Gasteiger partial charge in [0.1, 0.15) is 5.82 Å². The molecule has 1 aliphatic heterocycles. The highest BCUT2D eigenvalue weighted by Crippen LogP contribution is 2.28. The number of piperidine rings is 1. The van der Waals surface area contributed by atoms with Gasteiger partial charge in [-0.25, -0.2) is 9.97 Å².